The van der Waals surface area contributed by atoms with Crippen LogP contribution in [0.3, 0.4) is 0 Å². The molecular weight excluding hydrogens is 423 g/mol. The van der Waals surface area contributed by atoms with Crippen LogP contribution in [0.15, 0.2) is 57.9 Å². The number of hydrogen-bond acceptors (Lipinski definition) is 6. The van der Waals surface area contributed by atoms with E-state index in [0.717, 1.165) is 34.1 Å². The Morgan fingerprint density at radius 2 is 1.77 bits per heavy atom. The summed E-state index contributed by atoms with van der Waals surface area (Å²) >= 11 is 0. The van der Waals surface area contributed by atoms with Gasteiger partial charge in [0.1, 0.15) is 5.82 Å². The van der Waals surface area contributed by atoms with Gasteiger partial charge in [-0.25, -0.2) is 12.8 Å². The van der Waals surface area contributed by atoms with Gasteiger partial charge >= 0.3 is 0 Å². The first-order valence-corrected chi connectivity index (χ1v) is 11.0. The first-order valence-electron chi connectivity index (χ1n) is 9.58. The van der Waals surface area contributed by atoms with Gasteiger partial charge in [-0.3, -0.25) is 4.79 Å². The largest absolute Gasteiger partial charge is 0.339 e. The molecule has 10 heteroatoms. The highest BCUT2D eigenvalue weighted by Crippen LogP contribution is 2.17. The lowest BCUT2D eigenvalue weighted by atomic mass is 10.1. The Morgan fingerprint density at radius 1 is 1.13 bits per heavy atom. The minimum absolute atomic E-state index is 0.0874. The Labute approximate surface area is 180 Å². The molecule has 3 rings (SSSR count). The molecule has 0 radical (unpaired) electrons. The standard InChI is InChI=1S/C21H23FN4O4S/c1-14(2)21-24-19(25-30-21)12-15-4-8-17(9-5-15)23-20(27)13-26(3)31(28,29)18-10-6-16(22)7-11-18/h4-11,14H,12-13H2,1-3H3,(H,23,27). The monoisotopic (exact) mass is 446 g/mol. The van der Waals surface area contributed by atoms with Gasteiger partial charge in [0.05, 0.1) is 11.4 Å². The molecule has 8 nitrogen and oxygen atoms in total. The summed E-state index contributed by atoms with van der Waals surface area (Å²) in [5, 5.41) is 6.61. The molecular formula is C21H23FN4O4S. The summed E-state index contributed by atoms with van der Waals surface area (Å²) in [6, 6.07) is 11.5. The van der Waals surface area contributed by atoms with Crippen LogP contribution in [0.4, 0.5) is 10.1 Å². The van der Waals surface area contributed by atoms with E-state index in [1.165, 1.54) is 7.05 Å². The molecule has 164 valence electrons. The number of aromatic nitrogens is 2. The zero-order chi connectivity index (χ0) is 22.6. The Bertz CT molecular complexity index is 1140. The van der Waals surface area contributed by atoms with Gasteiger partial charge in [0.2, 0.25) is 21.8 Å². The van der Waals surface area contributed by atoms with Gasteiger partial charge in [-0.15, -0.1) is 0 Å². The smallest absolute Gasteiger partial charge is 0.243 e. The molecule has 0 saturated carbocycles. The van der Waals surface area contributed by atoms with Crippen LogP contribution in [0.2, 0.25) is 0 Å². The number of sulfonamides is 1. The van der Waals surface area contributed by atoms with Crippen LogP contribution in [0.1, 0.15) is 37.0 Å². The minimum Gasteiger partial charge on any atom is -0.339 e. The number of carbonyl (C=O) groups excluding carboxylic acids is 1. The van der Waals surface area contributed by atoms with Crippen molar-refractivity contribution in [1.29, 1.82) is 0 Å². The summed E-state index contributed by atoms with van der Waals surface area (Å²) in [5.74, 6) is 0.277. The number of nitrogens with zero attached hydrogens (tertiary/aromatic N) is 3. The molecule has 1 heterocycles. The maximum absolute atomic E-state index is 13.0. The van der Waals surface area contributed by atoms with Gasteiger partial charge in [-0.1, -0.05) is 31.1 Å². The van der Waals surface area contributed by atoms with Crippen molar-refractivity contribution in [1.82, 2.24) is 14.4 Å². The van der Waals surface area contributed by atoms with Gasteiger partial charge in [-0.05, 0) is 42.0 Å². The summed E-state index contributed by atoms with van der Waals surface area (Å²) in [4.78, 5) is 16.5. The lowest BCUT2D eigenvalue weighted by molar-refractivity contribution is -0.116. The predicted molar refractivity (Wildman–Crippen MR) is 112 cm³/mol. The number of nitrogens with one attached hydrogen (secondary N) is 1. The average Bonchev–Trinajstić information content (AvgIpc) is 3.18. The molecule has 0 atom stereocenters. The highest BCUT2D eigenvalue weighted by Gasteiger charge is 2.23. The summed E-state index contributed by atoms with van der Waals surface area (Å²) in [6.07, 6.45) is 0.489. The van der Waals surface area contributed by atoms with E-state index in [0.29, 0.717) is 23.8 Å². The first kappa shape index (κ1) is 22.6. The van der Waals surface area contributed by atoms with E-state index in [4.69, 9.17) is 4.52 Å². The van der Waals surface area contributed by atoms with E-state index < -0.39 is 21.7 Å². The number of anilines is 1. The number of amides is 1. The minimum atomic E-state index is -3.91. The molecule has 31 heavy (non-hydrogen) atoms. The fourth-order valence-electron chi connectivity index (χ4n) is 2.74. The van der Waals surface area contributed by atoms with E-state index in [9.17, 15) is 17.6 Å². The van der Waals surface area contributed by atoms with E-state index >= 15 is 0 Å². The fraction of sp³-hybridized carbons (Fsp3) is 0.286. The highest BCUT2D eigenvalue weighted by atomic mass is 32.2. The Morgan fingerprint density at radius 3 is 2.35 bits per heavy atom. The van der Waals surface area contributed by atoms with Gasteiger partial charge in [0, 0.05) is 25.1 Å². The van der Waals surface area contributed by atoms with Crippen LogP contribution in [-0.2, 0) is 21.2 Å². The number of hydrogen-bond donors (Lipinski definition) is 1. The molecule has 0 aliphatic rings. The third-order valence-corrected chi connectivity index (χ3v) is 6.28. The summed E-state index contributed by atoms with van der Waals surface area (Å²) in [7, 11) is -2.62. The molecule has 2 aromatic carbocycles. The van der Waals surface area contributed by atoms with E-state index in [-0.39, 0.29) is 17.4 Å². The van der Waals surface area contributed by atoms with Crippen molar-refractivity contribution >= 4 is 21.6 Å². The number of benzene rings is 2. The van der Waals surface area contributed by atoms with Crippen LogP contribution in [0, 0.1) is 5.82 Å². The molecule has 0 saturated heterocycles. The summed E-state index contributed by atoms with van der Waals surface area (Å²) in [6.45, 7) is 3.55. The summed E-state index contributed by atoms with van der Waals surface area (Å²) < 4.78 is 44.1. The second-order valence-corrected chi connectivity index (χ2v) is 9.39. The third-order valence-electron chi connectivity index (χ3n) is 4.47. The second-order valence-electron chi connectivity index (χ2n) is 7.34. The number of halogens is 1. The quantitative estimate of drug-likeness (QED) is 0.570. The molecule has 1 aromatic heterocycles. The lowest BCUT2D eigenvalue weighted by Crippen LogP contribution is -2.34. The van der Waals surface area contributed by atoms with E-state index in [1.807, 2.05) is 26.0 Å². The van der Waals surface area contributed by atoms with Gasteiger partial charge in [0.25, 0.3) is 0 Å². The van der Waals surface area contributed by atoms with Crippen molar-refractivity contribution in [2.45, 2.75) is 31.1 Å². The molecule has 0 unspecified atom stereocenters. The molecule has 0 aliphatic heterocycles. The maximum atomic E-state index is 13.0. The normalized spacial score (nSPS) is 11.8. The maximum Gasteiger partial charge on any atom is 0.243 e. The topological polar surface area (TPSA) is 105 Å². The SMILES string of the molecule is CC(C)c1nc(Cc2ccc(NC(=O)CN(C)S(=O)(=O)c3ccc(F)cc3)cc2)no1. The Kier molecular flexibility index (Phi) is 6.81. The van der Waals surface area contributed by atoms with Crippen LogP contribution < -0.4 is 5.32 Å². The molecule has 0 bridgehead atoms. The molecule has 0 spiro atoms. The zero-order valence-electron chi connectivity index (χ0n) is 17.4. The van der Waals surface area contributed by atoms with Crippen LogP contribution in [0.5, 0.6) is 0 Å². The Hall–Kier alpha value is -3.11. The number of carbonyl (C=O) groups is 1. The van der Waals surface area contributed by atoms with E-state index in [1.54, 1.807) is 12.1 Å². The highest BCUT2D eigenvalue weighted by molar-refractivity contribution is 7.89. The van der Waals surface area contributed by atoms with Crippen molar-refractivity contribution in [2.24, 2.45) is 0 Å². The Balaban J connectivity index is 1.58. The first-order chi connectivity index (χ1) is 14.6. The van der Waals surface area contributed by atoms with Crippen molar-refractivity contribution in [2.75, 3.05) is 18.9 Å². The van der Waals surface area contributed by atoms with Crippen molar-refractivity contribution in [3.8, 4) is 0 Å². The molecule has 0 fully saturated rings. The third kappa shape index (κ3) is 5.74. The van der Waals surface area contributed by atoms with Crippen molar-refractivity contribution < 1.29 is 22.1 Å². The van der Waals surface area contributed by atoms with Gasteiger partial charge < -0.3 is 9.84 Å². The zero-order valence-corrected chi connectivity index (χ0v) is 18.2. The molecule has 1 amide bonds. The predicted octanol–water partition coefficient (Wildman–Crippen LogP) is 3.18. The van der Waals surface area contributed by atoms with Crippen LogP contribution >= 0.6 is 0 Å². The van der Waals surface area contributed by atoms with Crippen molar-refractivity contribution in [3.63, 3.8) is 0 Å². The number of rotatable bonds is 8. The number of likely N-dealkylation sites (N-methyl/N-ethyl adjacent to an activating group) is 1. The van der Waals surface area contributed by atoms with Gasteiger partial charge in [0.15, 0.2) is 5.82 Å². The van der Waals surface area contributed by atoms with E-state index in [2.05, 4.69) is 15.5 Å². The molecule has 3 aromatic rings. The van der Waals surface area contributed by atoms with Crippen molar-refractivity contribution in [3.05, 3.63) is 71.6 Å². The fourth-order valence-corrected chi connectivity index (χ4v) is 3.86. The molecule has 0 aliphatic carbocycles. The van der Waals surface area contributed by atoms with Crippen LogP contribution in [-0.4, -0.2) is 42.4 Å². The second kappa shape index (κ2) is 9.36. The van der Waals surface area contributed by atoms with Crippen LogP contribution in [0.25, 0.3) is 0 Å². The molecule has 1 N–H and O–H groups in total. The average molecular weight is 447 g/mol. The summed E-state index contributed by atoms with van der Waals surface area (Å²) in [5.41, 5.74) is 1.46. The van der Waals surface area contributed by atoms with Gasteiger partial charge in [-0.2, -0.15) is 9.29 Å². The lowest BCUT2D eigenvalue weighted by Gasteiger charge is -2.17.